The number of hydrogen-bond acceptors (Lipinski definition) is 5. The largest absolute Gasteiger partial charge is 0.394 e. The van der Waals surface area contributed by atoms with Crippen LogP contribution in [0.3, 0.4) is 0 Å². The van der Waals surface area contributed by atoms with Gasteiger partial charge in [0.15, 0.2) is 0 Å². The van der Waals surface area contributed by atoms with Gasteiger partial charge in [0.2, 0.25) is 5.91 Å². The van der Waals surface area contributed by atoms with Crippen molar-refractivity contribution >= 4 is 17.6 Å². The van der Waals surface area contributed by atoms with E-state index in [9.17, 15) is 19.8 Å². The maximum atomic E-state index is 15.6. The maximum Gasteiger partial charge on any atom is 0.322 e. The summed E-state index contributed by atoms with van der Waals surface area (Å²) < 4.78 is 15.6. The number of aliphatic hydroxyl groups excluding tert-OH is 2. The van der Waals surface area contributed by atoms with Crippen LogP contribution in [0.2, 0.25) is 0 Å². The van der Waals surface area contributed by atoms with Crippen molar-refractivity contribution in [3.8, 4) is 0 Å². The van der Waals surface area contributed by atoms with Gasteiger partial charge < -0.3 is 21.3 Å². The van der Waals surface area contributed by atoms with Gasteiger partial charge in [-0.15, -0.1) is 0 Å². The van der Waals surface area contributed by atoms with Crippen molar-refractivity contribution in [2.75, 3.05) is 31.2 Å². The monoisotopic (exact) mass is 530 g/mol. The molecule has 0 spiro atoms. The number of piperidine rings is 1. The van der Waals surface area contributed by atoms with E-state index in [2.05, 4.69) is 24.1 Å². The fourth-order valence-corrected chi connectivity index (χ4v) is 9.10. The summed E-state index contributed by atoms with van der Waals surface area (Å²) >= 11 is 0. The molecule has 1 saturated heterocycles. The minimum atomic E-state index is -0.964. The zero-order chi connectivity index (χ0) is 27.3. The summed E-state index contributed by atoms with van der Waals surface area (Å²) in [6, 6.07) is 3.29. The van der Waals surface area contributed by atoms with Crippen LogP contribution in [0.5, 0.6) is 0 Å². The summed E-state index contributed by atoms with van der Waals surface area (Å²) in [6.07, 6.45) is 7.90. The van der Waals surface area contributed by atoms with Crippen LogP contribution >= 0.6 is 0 Å². The summed E-state index contributed by atoms with van der Waals surface area (Å²) in [5.74, 6) is -0.520. The number of nitrogens with two attached hydrogens (primary N) is 1. The first-order valence-electron chi connectivity index (χ1n) is 14.1. The molecule has 9 heteroatoms. The van der Waals surface area contributed by atoms with E-state index in [0.29, 0.717) is 19.0 Å². The summed E-state index contributed by atoms with van der Waals surface area (Å²) in [5.41, 5.74) is 6.28. The van der Waals surface area contributed by atoms with Gasteiger partial charge in [-0.3, -0.25) is 14.6 Å². The average Bonchev–Trinajstić information content (AvgIpc) is 2.80. The lowest BCUT2D eigenvalue weighted by Crippen LogP contribution is -2.67. The summed E-state index contributed by atoms with van der Waals surface area (Å²) in [4.78, 5) is 28.7. The number of amides is 3. The van der Waals surface area contributed by atoms with Crippen molar-refractivity contribution in [2.45, 2.75) is 83.3 Å². The Morgan fingerprint density at radius 3 is 2.42 bits per heavy atom. The van der Waals surface area contributed by atoms with Crippen LogP contribution in [0.15, 0.2) is 18.2 Å². The Morgan fingerprint density at radius 1 is 1.16 bits per heavy atom. The van der Waals surface area contributed by atoms with Crippen LogP contribution in [-0.2, 0) is 11.3 Å². The molecule has 5 aliphatic rings. The van der Waals surface area contributed by atoms with Gasteiger partial charge in [0.1, 0.15) is 5.82 Å². The molecule has 3 unspecified atom stereocenters. The molecule has 1 aromatic rings. The van der Waals surface area contributed by atoms with Crippen LogP contribution in [-0.4, -0.2) is 64.9 Å². The lowest BCUT2D eigenvalue weighted by atomic mass is 9.43. The van der Waals surface area contributed by atoms with Crippen molar-refractivity contribution in [3.63, 3.8) is 0 Å². The Balaban J connectivity index is 1.36. The highest BCUT2D eigenvalue weighted by atomic mass is 19.1. The van der Waals surface area contributed by atoms with Crippen LogP contribution in [0.4, 0.5) is 14.9 Å². The summed E-state index contributed by atoms with van der Waals surface area (Å²) in [6.45, 7) is 5.50. The maximum absolute atomic E-state index is 15.6. The third kappa shape index (κ3) is 5.29. The number of aliphatic hydroxyl groups is 2. The van der Waals surface area contributed by atoms with E-state index in [0.717, 1.165) is 44.2 Å². The zero-order valence-corrected chi connectivity index (χ0v) is 22.7. The number of halogens is 1. The first kappa shape index (κ1) is 27.3. The fraction of sp³-hybridized carbons (Fsp3) is 0.724. The van der Waals surface area contributed by atoms with Crippen molar-refractivity contribution in [2.24, 2.45) is 28.4 Å². The molecule has 4 saturated carbocycles. The standard InChI is InChI=1S/C29H43FN4O4/c1-27-9-20-10-28(2,16-27)18-29(11-20,17-27)32-26(38)34(22(14-35)15-36)24-6-5-19(8-23(24)30)12-33-7-3-4-21(13-33)25(31)37/h5-6,8,20-22,35-36H,3-4,7,9-18H2,1-2H3,(H2,31,37)(H,32,38). The molecule has 1 aromatic carbocycles. The lowest BCUT2D eigenvalue weighted by molar-refractivity contribution is -0.123. The van der Waals surface area contributed by atoms with Crippen molar-refractivity contribution in [1.29, 1.82) is 0 Å². The molecule has 8 nitrogen and oxygen atoms in total. The van der Waals surface area contributed by atoms with Crippen LogP contribution in [0.1, 0.15) is 70.8 Å². The van der Waals surface area contributed by atoms with Crippen LogP contribution in [0.25, 0.3) is 0 Å². The number of nitrogens with one attached hydrogen (secondary N) is 1. The average molecular weight is 531 g/mol. The number of likely N-dealkylation sites (tertiary alicyclic amines) is 1. The number of benzene rings is 1. The minimum absolute atomic E-state index is 0.0372. The smallest absolute Gasteiger partial charge is 0.322 e. The number of nitrogens with zero attached hydrogens (tertiary/aromatic N) is 2. The molecule has 3 atom stereocenters. The quantitative estimate of drug-likeness (QED) is 0.412. The van der Waals surface area contributed by atoms with Crippen molar-refractivity contribution < 1.29 is 24.2 Å². The Morgan fingerprint density at radius 2 is 1.84 bits per heavy atom. The SMILES string of the molecule is CC12CC3CC(C)(C1)CC(NC(=O)N(c1ccc(CN4CCCC(C(N)=O)C4)cc1F)C(CO)CO)(C3)C2. The molecule has 0 aromatic heterocycles. The molecule has 210 valence electrons. The topological polar surface area (TPSA) is 119 Å². The molecule has 4 aliphatic carbocycles. The molecule has 0 radical (unpaired) electrons. The number of rotatable bonds is 8. The van der Waals surface area contributed by atoms with E-state index in [4.69, 9.17) is 5.73 Å². The summed E-state index contributed by atoms with van der Waals surface area (Å²) in [5, 5.41) is 23.3. The molecule has 6 rings (SSSR count). The Hall–Kier alpha value is -2.23. The van der Waals surface area contributed by atoms with Gasteiger partial charge in [0.25, 0.3) is 0 Å². The van der Waals surface area contributed by atoms with Gasteiger partial charge in [-0.05, 0) is 92.4 Å². The molecule has 1 heterocycles. The van der Waals surface area contributed by atoms with E-state index >= 15 is 4.39 Å². The highest BCUT2D eigenvalue weighted by Crippen LogP contribution is 2.66. The predicted octanol–water partition coefficient (Wildman–Crippen LogP) is 3.14. The highest BCUT2D eigenvalue weighted by molar-refractivity contribution is 5.93. The van der Waals surface area contributed by atoms with Crippen molar-refractivity contribution in [1.82, 2.24) is 10.2 Å². The minimum Gasteiger partial charge on any atom is -0.394 e. The second-order valence-electron chi connectivity index (χ2n) is 13.5. The van der Waals surface area contributed by atoms with Crippen LogP contribution < -0.4 is 16.0 Å². The third-order valence-electron chi connectivity index (χ3n) is 9.59. The molecule has 5 N–H and O–H groups in total. The number of carbonyl (C=O) groups is 2. The predicted molar refractivity (Wildman–Crippen MR) is 143 cm³/mol. The number of anilines is 1. The van der Waals surface area contributed by atoms with Gasteiger partial charge in [0.05, 0.1) is 30.9 Å². The van der Waals surface area contributed by atoms with E-state index in [1.807, 2.05) is 0 Å². The van der Waals surface area contributed by atoms with E-state index in [1.54, 1.807) is 12.1 Å². The Kier molecular flexibility index (Phi) is 7.24. The van der Waals surface area contributed by atoms with Crippen LogP contribution in [0, 0.1) is 28.5 Å². The molecule has 4 bridgehead atoms. The first-order valence-corrected chi connectivity index (χ1v) is 14.1. The number of carbonyl (C=O) groups excluding carboxylic acids is 2. The van der Waals surface area contributed by atoms with Gasteiger partial charge in [-0.2, -0.15) is 0 Å². The van der Waals surface area contributed by atoms with E-state index < -0.39 is 31.1 Å². The molecule has 1 aliphatic heterocycles. The normalized spacial score (nSPS) is 34.5. The van der Waals surface area contributed by atoms with Crippen molar-refractivity contribution in [3.05, 3.63) is 29.6 Å². The molecule has 38 heavy (non-hydrogen) atoms. The number of hydrogen-bond donors (Lipinski definition) is 4. The molecule has 5 fully saturated rings. The molecular formula is C29H43FN4O4. The lowest BCUT2D eigenvalue weighted by Gasteiger charge is -2.65. The first-order chi connectivity index (χ1) is 18.0. The van der Waals surface area contributed by atoms with Gasteiger partial charge in [-0.1, -0.05) is 19.9 Å². The Labute approximate surface area is 224 Å². The Bertz CT molecular complexity index is 1060. The number of urea groups is 1. The highest BCUT2D eigenvalue weighted by Gasteiger charge is 2.60. The van der Waals surface area contributed by atoms with E-state index in [-0.39, 0.29) is 33.9 Å². The fourth-order valence-electron chi connectivity index (χ4n) is 9.10. The van der Waals surface area contributed by atoms with E-state index in [1.165, 1.54) is 30.2 Å². The van der Waals surface area contributed by atoms with Gasteiger partial charge in [-0.25, -0.2) is 9.18 Å². The van der Waals surface area contributed by atoms with Gasteiger partial charge in [0, 0.05) is 18.6 Å². The van der Waals surface area contributed by atoms with Gasteiger partial charge >= 0.3 is 6.03 Å². The molecule has 3 amide bonds. The second kappa shape index (κ2) is 10.1. The second-order valence-corrected chi connectivity index (χ2v) is 13.5. The molecular weight excluding hydrogens is 487 g/mol. The zero-order valence-electron chi connectivity index (χ0n) is 22.7. The number of primary amides is 1. The third-order valence-corrected chi connectivity index (χ3v) is 9.59. The summed E-state index contributed by atoms with van der Waals surface area (Å²) in [7, 11) is 0.